The Hall–Kier alpha value is -1.51. The van der Waals surface area contributed by atoms with E-state index in [-0.39, 0.29) is 10.8 Å². The van der Waals surface area contributed by atoms with Crippen molar-refractivity contribution in [2.75, 3.05) is 0 Å². The van der Waals surface area contributed by atoms with Gasteiger partial charge in [0, 0.05) is 0 Å². The van der Waals surface area contributed by atoms with E-state index in [9.17, 15) is 15.0 Å². The van der Waals surface area contributed by atoms with Gasteiger partial charge in [-0.25, -0.2) is 0 Å². The van der Waals surface area contributed by atoms with E-state index < -0.39 is 11.4 Å². The number of carboxylic acid groups (broad SMARTS) is 1. The van der Waals surface area contributed by atoms with Gasteiger partial charge in [0.25, 0.3) is 0 Å². The molecule has 190 valence electrons. The lowest BCUT2D eigenvalue weighted by Crippen LogP contribution is -2.33. The third-order valence-corrected chi connectivity index (χ3v) is 7.12. The van der Waals surface area contributed by atoms with Crippen LogP contribution < -0.4 is 0 Å². The number of aromatic hydroxyl groups is 1. The van der Waals surface area contributed by atoms with Gasteiger partial charge in [-0.05, 0) is 40.9 Å². The second-order valence-electron chi connectivity index (χ2n) is 12.3. The van der Waals surface area contributed by atoms with E-state index in [2.05, 4.69) is 48.5 Å². The second kappa shape index (κ2) is 12.8. The van der Waals surface area contributed by atoms with Gasteiger partial charge in [0.15, 0.2) is 0 Å². The molecule has 0 bridgehead atoms. The van der Waals surface area contributed by atoms with Crippen LogP contribution in [0, 0.1) is 0 Å². The summed E-state index contributed by atoms with van der Waals surface area (Å²) in [6.07, 6.45) is 14.4. The molecule has 1 unspecified atom stereocenters. The number of hydrogen-bond donors (Lipinski definition) is 2. The SMILES string of the molecule is CCCCCCCCCCCCCC(C)(C(=O)O)c1cc(C(C)(C)C)c(O)c(C(C)(C)C)c1. The lowest BCUT2D eigenvalue weighted by molar-refractivity contribution is -0.143. The number of benzene rings is 1. The minimum absolute atomic E-state index is 0.268. The lowest BCUT2D eigenvalue weighted by atomic mass is 9.72. The molecule has 1 atom stereocenters. The molecule has 0 spiro atoms. The summed E-state index contributed by atoms with van der Waals surface area (Å²) >= 11 is 0. The standard InChI is InChI=1S/C30H52O3/c1-9-10-11-12-13-14-15-16-17-18-19-20-30(8,27(32)33)23-21-24(28(2,3)4)26(31)25(22-23)29(5,6)7/h21-22,31H,9-20H2,1-8H3,(H,32,33). The first kappa shape index (κ1) is 29.5. The van der Waals surface area contributed by atoms with Gasteiger partial charge < -0.3 is 10.2 Å². The Kier molecular flexibility index (Phi) is 11.5. The topological polar surface area (TPSA) is 57.5 Å². The molecular formula is C30H52O3. The van der Waals surface area contributed by atoms with E-state index in [0.717, 1.165) is 29.5 Å². The van der Waals surface area contributed by atoms with Gasteiger partial charge in [0.1, 0.15) is 5.75 Å². The predicted molar refractivity (Wildman–Crippen MR) is 142 cm³/mol. The number of aliphatic carboxylic acids is 1. The van der Waals surface area contributed by atoms with Crippen molar-refractivity contribution < 1.29 is 15.0 Å². The molecule has 2 N–H and O–H groups in total. The largest absolute Gasteiger partial charge is 0.507 e. The van der Waals surface area contributed by atoms with Gasteiger partial charge in [-0.15, -0.1) is 0 Å². The molecule has 0 aromatic heterocycles. The first-order valence-electron chi connectivity index (χ1n) is 13.4. The number of hydrogen-bond acceptors (Lipinski definition) is 2. The van der Waals surface area contributed by atoms with Crippen LogP contribution in [-0.2, 0) is 21.0 Å². The quantitative estimate of drug-likeness (QED) is 0.272. The van der Waals surface area contributed by atoms with Crippen LogP contribution in [-0.4, -0.2) is 16.2 Å². The molecule has 0 aliphatic rings. The fourth-order valence-corrected chi connectivity index (χ4v) is 4.61. The highest BCUT2D eigenvalue weighted by molar-refractivity contribution is 5.81. The maximum absolute atomic E-state index is 12.5. The summed E-state index contributed by atoms with van der Waals surface area (Å²) in [6.45, 7) is 16.5. The summed E-state index contributed by atoms with van der Waals surface area (Å²) in [4.78, 5) is 12.5. The lowest BCUT2D eigenvalue weighted by Gasteiger charge is -2.32. The Morgan fingerprint density at radius 2 is 1.06 bits per heavy atom. The highest BCUT2D eigenvalue weighted by Gasteiger charge is 2.37. The van der Waals surface area contributed by atoms with Crippen molar-refractivity contribution in [2.45, 2.75) is 149 Å². The molecule has 0 aliphatic carbocycles. The average molecular weight is 461 g/mol. The molecular weight excluding hydrogens is 408 g/mol. The molecule has 0 saturated carbocycles. The number of carboxylic acids is 1. The van der Waals surface area contributed by atoms with Crippen LogP contribution in [0.4, 0.5) is 0 Å². The monoisotopic (exact) mass is 460 g/mol. The molecule has 0 radical (unpaired) electrons. The Balaban J connectivity index is 2.84. The van der Waals surface area contributed by atoms with E-state index in [1.807, 2.05) is 19.1 Å². The molecule has 0 amide bonds. The maximum atomic E-state index is 12.5. The van der Waals surface area contributed by atoms with E-state index in [0.29, 0.717) is 12.2 Å². The highest BCUT2D eigenvalue weighted by atomic mass is 16.4. The molecule has 3 nitrogen and oxygen atoms in total. The molecule has 0 aliphatic heterocycles. The highest BCUT2D eigenvalue weighted by Crippen LogP contribution is 2.43. The number of carbonyl (C=O) groups is 1. The molecule has 0 heterocycles. The Labute approximate surface area is 204 Å². The Morgan fingerprint density at radius 1 is 0.697 bits per heavy atom. The fourth-order valence-electron chi connectivity index (χ4n) is 4.61. The first-order valence-corrected chi connectivity index (χ1v) is 13.4. The van der Waals surface area contributed by atoms with Crippen molar-refractivity contribution in [1.29, 1.82) is 0 Å². The van der Waals surface area contributed by atoms with Gasteiger partial charge in [-0.2, -0.15) is 0 Å². The summed E-state index contributed by atoms with van der Waals surface area (Å²) in [5, 5.41) is 21.3. The van der Waals surface area contributed by atoms with Crippen molar-refractivity contribution in [3.8, 4) is 5.75 Å². The normalized spacial score (nSPS) is 14.3. The zero-order chi connectivity index (χ0) is 25.3. The summed E-state index contributed by atoms with van der Waals surface area (Å²) < 4.78 is 0. The molecule has 1 aromatic rings. The minimum Gasteiger partial charge on any atom is -0.507 e. The van der Waals surface area contributed by atoms with Crippen LogP contribution >= 0.6 is 0 Å². The Bertz CT molecular complexity index is 701. The number of phenols is 1. The molecule has 0 saturated heterocycles. The summed E-state index contributed by atoms with van der Waals surface area (Å²) in [5.74, 6) is -0.471. The smallest absolute Gasteiger partial charge is 0.313 e. The summed E-state index contributed by atoms with van der Waals surface area (Å²) in [6, 6.07) is 3.88. The summed E-state index contributed by atoms with van der Waals surface area (Å²) in [5.41, 5.74) is 0.987. The van der Waals surface area contributed by atoms with Crippen LogP contribution in [0.1, 0.15) is 149 Å². The van der Waals surface area contributed by atoms with Crippen molar-refractivity contribution >= 4 is 5.97 Å². The van der Waals surface area contributed by atoms with Gasteiger partial charge in [-0.1, -0.05) is 131 Å². The number of rotatable bonds is 14. The van der Waals surface area contributed by atoms with Crippen molar-refractivity contribution in [2.24, 2.45) is 0 Å². The van der Waals surface area contributed by atoms with Gasteiger partial charge in [-0.3, -0.25) is 4.79 Å². The van der Waals surface area contributed by atoms with E-state index in [4.69, 9.17) is 0 Å². The van der Waals surface area contributed by atoms with Crippen LogP contribution in [0.25, 0.3) is 0 Å². The van der Waals surface area contributed by atoms with Crippen LogP contribution in [0.15, 0.2) is 12.1 Å². The fraction of sp³-hybridized carbons (Fsp3) is 0.767. The number of unbranched alkanes of at least 4 members (excludes halogenated alkanes) is 10. The van der Waals surface area contributed by atoms with E-state index in [1.54, 1.807) is 0 Å². The minimum atomic E-state index is -0.951. The van der Waals surface area contributed by atoms with Crippen molar-refractivity contribution in [3.63, 3.8) is 0 Å². The maximum Gasteiger partial charge on any atom is 0.313 e. The zero-order valence-corrected chi connectivity index (χ0v) is 22.9. The third kappa shape index (κ3) is 8.98. The van der Waals surface area contributed by atoms with Crippen molar-refractivity contribution in [1.82, 2.24) is 0 Å². The van der Waals surface area contributed by atoms with Crippen LogP contribution in [0.2, 0.25) is 0 Å². The molecule has 0 fully saturated rings. The zero-order valence-electron chi connectivity index (χ0n) is 22.9. The second-order valence-corrected chi connectivity index (χ2v) is 12.3. The van der Waals surface area contributed by atoms with Crippen LogP contribution in [0.5, 0.6) is 5.75 Å². The molecule has 1 aromatic carbocycles. The third-order valence-electron chi connectivity index (χ3n) is 7.12. The Morgan fingerprint density at radius 3 is 1.39 bits per heavy atom. The van der Waals surface area contributed by atoms with E-state index >= 15 is 0 Å². The van der Waals surface area contributed by atoms with Crippen molar-refractivity contribution in [3.05, 3.63) is 28.8 Å². The van der Waals surface area contributed by atoms with E-state index in [1.165, 1.54) is 57.8 Å². The van der Waals surface area contributed by atoms with Gasteiger partial charge in [0.2, 0.25) is 0 Å². The average Bonchev–Trinajstić information content (AvgIpc) is 2.70. The predicted octanol–water partition coefficient (Wildman–Crippen LogP) is 9.03. The summed E-state index contributed by atoms with van der Waals surface area (Å²) in [7, 11) is 0. The first-order chi connectivity index (χ1) is 15.2. The molecule has 33 heavy (non-hydrogen) atoms. The molecule has 3 heteroatoms. The van der Waals surface area contributed by atoms with Gasteiger partial charge in [0.05, 0.1) is 5.41 Å². The number of phenolic OH excluding ortho intramolecular Hbond substituents is 1. The molecule has 1 rings (SSSR count). The van der Waals surface area contributed by atoms with Gasteiger partial charge >= 0.3 is 5.97 Å². The van der Waals surface area contributed by atoms with Crippen LogP contribution in [0.3, 0.4) is 0 Å².